The first kappa shape index (κ1) is 16.9. The van der Waals surface area contributed by atoms with Crippen molar-refractivity contribution in [2.75, 3.05) is 13.2 Å². The Morgan fingerprint density at radius 2 is 2.04 bits per heavy atom. The molecule has 1 aromatic rings. The Labute approximate surface area is 142 Å². The van der Waals surface area contributed by atoms with E-state index < -0.39 is 11.8 Å². The number of benzene rings is 1. The number of halogens is 1. The minimum Gasteiger partial charge on any atom is -0.452 e. The quantitative estimate of drug-likeness (QED) is 0.797. The van der Waals surface area contributed by atoms with Gasteiger partial charge in [-0.2, -0.15) is 0 Å². The standard InChI is InChI=1S/C19H24FNO3/c1-18(2)8-15-9-19(3,11-18)12-21(15)16(22)10-24-17(23)13-5-4-6-14(20)7-13/h4-7,15H,8-12H2,1-3H3/t15-,19+/m1/s1. The highest BCUT2D eigenvalue weighted by molar-refractivity contribution is 5.91. The number of hydrogen-bond donors (Lipinski definition) is 0. The second-order valence-electron chi connectivity index (χ2n) is 8.32. The maximum Gasteiger partial charge on any atom is 0.338 e. The third-order valence-electron chi connectivity index (χ3n) is 5.12. The van der Waals surface area contributed by atoms with Crippen molar-refractivity contribution in [1.29, 1.82) is 0 Å². The summed E-state index contributed by atoms with van der Waals surface area (Å²) in [6, 6.07) is 5.51. The Kier molecular flexibility index (Phi) is 4.14. The zero-order chi connectivity index (χ0) is 17.5. The van der Waals surface area contributed by atoms with Crippen molar-refractivity contribution in [3.8, 4) is 0 Å². The van der Waals surface area contributed by atoms with Crippen LogP contribution in [0, 0.1) is 16.6 Å². The molecule has 130 valence electrons. The summed E-state index contributed by atoms with van der Waals surface area (Å²) in [6.07, 6.45) is 3.09. The van der Waals surface area contributed by atoms with Crippen LogP contribution in [0.5, 0.6) is 0 Å². The lowest BCUT2D eigenvalue weighted by molar-refractivity contribution is -0.135. The zero-order valence-corrected chi connectivity index (χ0v) is 14.5. The number of esters is 1. The number of nitrogens with zero attached hydrogens (tertiary/aromatic N) is 1. The molecule has 2 fully saturated rings. The van der Waals surface area contributed by atoms with Gasteiger partial charge in [0.15, 0.2) is 6.61 Å². The predicted octanol–water partition coefficient (Wildman–Crippen LogP) is 3.41. The minimum atomic E-state index is -0.670. The summed E-state index contributed by atoms with van der Waals surface area (Å²) in [5.74, 6) is -1.33. The van der Waals surface area contributed by atoms with Gasteiger partial charge in [-0.25, -0.2) is 9.18 Å². The van der Waals surface area contributed by atoms with Gasteiger partial charge in [0.2, 0.25) is 0 Å². The van der Waals surface area contributed by atoms with Crippen molar-refractivity contribution in [3.05, 3.63) is 35.6 Å². The summed E-state index contributed by atoms with van der Waals surface area (Å²) in [5.41, 5.74) is 0.496. The highest BCUT2D eigenvalue weighted by Crippen LogP contribution is 2.52. The molecule has 1 aliphatic carbocycles. The average Bonchev–Trinajstić information content (AvgIpc) is 2.73. The van der Waals surface area contributed by atoms with Crippen molar-refractivity contribution < 1.29 is 18.7 Å². The van der Waals surface area contributed by atoms with Crippen molar-refractivity contribution in [2.45, 2.75) is 46.1 Å². The molecule has 1 aliphatic heterocycles. The number of carbonyl (C=O) groups excluding carboxylic acids is 2. The molecule has 3 rings (SSSR count). The predicted molar refractivity (Wildman–Crippen MR) is 87.9 cm³/mol. The summed E-state index contributed by atoms with van der Waals surface area (Å²) in [7, 11) is 0. The van der Waals surface area contributed by atoms with Crippen LogP contribution in [0.25, 0.3) is 0 Å². The summed E-state index contributed by atoms with van der Waals surface area (Å²) in [5, 5.41) is 0. The van der Waals surface area contributed by atoms with Gasteiger partial charge < -0.3 is 9.64 Å². The Morgan fingerprint density at radius 3 is 2.75 bits per heavy atom. The molecular formula is C19H24FNO3. The summed E-state index contributed by atoms with van der Waals surface area (Å²) < 4.78 is 18.2. The average molecular weight is 333 g/mol. The number of hydrogen-bond acceptors (Lipinski definition) is 3. The first-order valence-electron chi connectivity index (χ1n) is 8.40. The van der Waals surface area contributed by atoms with Crippen molar-refractivity contribution >= 4 is 11.9 Å². The van der Waals surface area contributed by atoms with Gasteiger partial charge in [0.1, 0.15) is 5.82 Å². The topological polar surface area (TPSA) is 46.6 Å². The Bertz CT molecular complexity index is 672. The van der Waals surface area contributed by atoms with E-state index in [1.807, 2.05) is 4.90 Å². The first-order valence-corrected chi connectivity index (χ1v) is 8.40. The second kappa shape index (κ2) is 5.87. The second-order valence-corrected chi connectivity index (χ2v) is 8.32. The molecule has 5 heteroatoms. The van der Waals surface area contributed by atoms with Gasteiger partial charge in [-0.1, -0.05) is 26.8 Å². The maximum absolute atomic E-state index is 13.2. The van der Waals surface area contributed by atoms with E-state index in [4.69, 9.17) is 4.74 Å². The lowest BCUT2D eigenvalue weighted by atomic mass is 9.65. The molecule has 0 unspecified atom stereocenters. The number of fused-ring (bicyclic) bond motifs is 2. The number of ether oxygens (including phenoxy) is 1. The van der Waals surface area contributed by atoms with Gasteiger partial charge in [0.25, 0.3) is 5.91 Å². The van der Waals surface area contributed by atoms with Crippen LogP contribution >= 0.6 is 0 Å². The van der Waals surface area contributed by atoms with Gasteiger partial charge in [0.05, 0.1) is 5.56 Å². The van der Waals surface area contributed by atoms with E-state index in [0.717, 1.165) is 31.9 Å². The Balaban J connectivity index is 1.61. The molecule has 2 aliphatic rings. The largest absolute Gasteiger partial charge is 0.452 e. The lowest BCUT2D eigenvalue weighted by Crippen LogP contribution is -2.39. The van der Waals surface area contributed by atoms with Gasteiger partial charge in [-0.15, -0.1) is 0 Å². The molecular weight excluding hydrogens is 309 g/mol. The fraction of sp³-hybridized carbons (Fsp3) is 0.579. The maximum atomic E-state index is 13.2. The molecule has 1 aromatic carbocycles. The molecule has 0 radical (unpaired) electrons. The Morgan fingerprint density at radius 1 is 1.29 bits per heavy atom. The number of likely N-dealkylation sites (tertiary alicyclic amines) is 1. The number of carbonyl (C=O) groups is 2. The number of rotatable bonds is 3. The minimum absolute atomic E-state index is 0.121. The highest BCUT2D eigenvalue weighted by Gasteiger charge is 2.50. The van der Waals surface area contributed by atoms with E-state index in [1.165, 1.54) is 18.2 Å². The van der Waals surface area contributed by atoms with E-state index in [-0.39, 0.29) is 34.9 Å². The monoisotopic (exact) mass is 333 g/mol. The third kappa shape index (κ3) is 3.45. The molecule has 2 bridgehead atoms. The van der Waals surface area contributed by atoms with Crippen molar-refractivity contribution in [2.24, 2.45) is 10.8 Å². The van der Waals surface area contributed by atoms with Crippen LogP contribution in [0.4, 0.5) is 4.39 Å². The summed E-state index contributed by atoms with van der Waals surface area (Å²) in [4.78, 5) is 26.3. The normalized spacial score (nSPS) is 27.8. The Hall–Kier alpha value is -1.91. The van der Waals surface area contributed by atoms with Gasteiger partial charge in [-0.05, 0) is 48.3 Å². The van der Waals surface area contributed by atoms with E-state index >= 15 is 0 Å². The molecule has 1 saturated heterocycles. The van der Waals surface area contributed by atoms with Crippen LogP contribution in [0.1, 0.15) is 50.4 Å². The molecule has 24 heavy (non-hydrogen) atoms. The van der Waals surface area contributed by atoms with Crippen LogP contribution in [-0.2, 0) is 9.53 Å². The van der Waals surface area contributed by atoms with Gasteiger partial charge >= 0.3 is 5.97 Å². The fourth-order valence-corrected chi connectivity index (χ4v) is 4.66. The van der Waals surface area contributed by atoms with E-state index in [9.17, 15) is 14.0 Å². The van der Waals surface area contributed by atoms with E-state index in [1.54, 1.807) is 0 Å². The van der Waals surface area contributed by atoms with Crippen LogP contribution in [0.3, 0.4) is 0 Å². The van der Waals surface area contributed by atoms with Crippen LogP contribution in [-0.4, -0.2) is 36.0 Å². The zero-order valence-electron chi connectivity index (χ0n) is 14.5. The van der Waals surface area contributed by atoms with Gasteiger partial charge in [-0.3, -0.25) is 4.79 Å². The fourth-order valence-electron chi connectivity index (χ4n) is 4.66. The molecule has 0 N–H and O–H groups in total. The summed E-state index contributed by atoms with van der Waals surface area (Å²) in [6.45, 7) is 7.15. The van der Waals surface area contributed by atoms with E-state index in [2.05, 4.69) is 20.8 Å². The van der Waals surface area contributed by atoms with Gasteiger partial charge in [0, 0.05) is 12.6 Å². The number of amides is 1. The lowest BCUT2D eigenvalue weighted by Gasteiger charge is -2.39. The third-order valence-corrected chi connectivity index (χ3v) is 5.12. The van der Waals surface area contributed by atoms with Crippen LogP contribution < -0.4 is 0 Å². The smallest absolute Gasteiger partial charge is 0.338 e. The van der Waals surface area contributed by atoms with E-state index in [0.29, 0.717) is 0 Å². The molecule has 0 aromatic heterocycles. The molecule has 2 atom stereocenters. The van der Waals surface area contributed by atoms with Crippen LogP contribution in [0.2, 0.25) is 0 Å². The SMILES string of the molecule is CC1(C)C[C@@H]2C[C@](C)(CN2C(=O)COC(=O)c2cccc(F)c2)C1. The highest BCUT2D eigenvalue weighted by atomic mass is 19.1. The molecule has 1 heterocycles. The summed E-state index contributed by atoms with van der Waals surface area (Å²) >= 11 is 0. The molecule has 1 saturated carbocycles. The van der Waals surface area contributed by atoms with Crippen molar-refractivity contribution in [3.63, 3.8) is 0 Å². The van der Waals surface area contributed by atoms with Crippen LogP contribution in [0.15, 0.2) is 24.3 Å². The van der Waals surface area contributed by atoms with Crippen molar-refractivity contribution in [1.82, 2.24) is 4.90 Å². The molecule has 4 nitrogen and oxygen atoms in total. The molecule has 1 amide bonds. The first-order chi connectivity index (χ1) is 11.2. The molecule has 0 spiro atoms.